The van der Waals surface area contributed by atoms with Crippen LogP contribution in [0, 0.1) is 5.41 Å². The Labute approximate surface area is 126 Å². The summed E-state index contributed by atoms with van der Waals surface area (Å²) in [6.07, 6.45) is 3.51. The molecule has 6 nitrogen and oxygen atoms in total. The monoisotopic (exact) mass is 302 g/mol. The van der Waals surface area contributed by atoms with Gasteiger partial charge in [-0.2, -0.15) is 0 Å². The second kappa shape index (κ2) is 4.01. The molecule has 3 aliphatic rings. The van der Waals surface area contributed by atoms with Crippen molar-refractivity contribution in [2.75, 3.05) is 0 Å². The number of oxazole rings is 1. The molecular formula is C16H18N2O4. The number of carbonyl (C=O) groups is 1. The Morgan fingerprint density at radius 3 is 2.77 bits per heavy atom. The van der Waals surface area contributed by atoms with Crippen molar-refractivity contribution < 1.29 is 14.3 Å². The number of hydrogen-bond donors (Lipinski definition) is 2. The van der Waals surface area contributed by atoms with Gasteiger partial charge in [-0.1, -0.05) is 6.07 Å². The summed E-state index contributed by atoms with van der Waals surface area (Å²) in [5, 5.41) is 8.95. The minimum atomic E-state index is -0.923. The minimum absolute atomic E-state index is 0.106. The number of carboxylic acid groups (broad SMARTS) is 1. The highest BCUT2D eigenvalue weighted by Crippen LogP contribution is 2.75. The molecule has 0 amide bonds. The van der Waals surface area contributed by atoms with Crippen LogP contribution in [-0.2, 0) is 17.3 Å². The van der Waals surface area contributed by atoms with Gasteiger partial charge in [0.1, 0.15) is 6.04 Å². The lowest BCUT2D eigenvalue weighted by Crippen LogP contribution is -2.66. The Balaban J connectivity index is 1.58. The van der Waals surface area contributed by atoms with Crippen LogP contribution in [0.2, 0.25) is 0 Å². The van der Waals surface area contributed by atoms with E-state index in [0.29, 0.717) is 12.0 Å². The van der Waals surface area contributed by atoms with Gasteiger partial charge in [0.25, 0.3) is 0 Å². The lowest BCUT2D eigenvalue weighted by Gasteiger charge is -2.72. The van der Waals surface area contributed by atoms with Crippen LogP contribution >= 0.6 is 0 Å². The summed E-state index contributed by atoms with van der Waals surface area (Å²) in [5.74, 6) is -1.28. The number of aromatic nitrogens is 1. The molecule has 0 spiro atoms. The van der Waals surface area contributed by atoms with Gasteiger partial charge in [-0.15, -0.1) is 0 Å². The van der Waals surface area contributed by atoms with Crippen molar-refractivity contribution in [3.63, 3.8) is 0 Å². The van der Waals surface area contributed by atoms with E-state index in [-0.39, 0.29) is 16.6 Å². The van der Waals surface area contributed by atoms with Crippen LogP contribution in [0.4, 0.5) is 0 Å². The molecule has 1 aromatic heterocycles. The van der Waals surface area contributed by atoms with Gasteiger partial charge < -0.3 is 15.3 Å². The van der Waals surface area contributed by atoms with Crippen LogP contribution in [0.5, 0.6) is 0 Å². The predicted molar refractivity (Wildman–Crippen MR) is 79.6 cm³/mol. The number of benzene rings is 1. The first-order valence-corrected chi connectivity index (χ1v) is 7.43. The molecule has 22 heavy (non-hydrogen) atoms. The second-order valence-electron chi connectivity index (χ2n) is 7.07. The van der Waals surface area contributed by atoms with Crippen LogP contribution in [0.1, 0.15) is 31.2 Å². The van der Waals surface area contributed by atoms with Crippen molar-refractivity contribution in [2.45, 2.75) is 37.1 Å². The Bertz CT molecular complexity index is 828. The number of aryl methyl sites for hydroxylation is 1. The van der Waals surface area contributed by atoms with Gasteiger partial charge in [0.05, 0.1) is 5.52 Å². The van der Waals surface area contributed by atoms with Crippen LogP contribution in [0.3, 0.4) is 0 Å². The lowest BCUT2D eigenvalue weighted by atomic mass is 9.32. The summed E-state index contributed by atoms with van der Waals surface area (Å²) in [7, 11) is 1.70. The standard InChI is InChI=1S/C16H18N2O4/c1-18-11-4-9(2-3-12(11)22-14(18)21)16-6-15(7-16,8-16)5-10(17)13(19)20/h2-4,10H,5-8,17H2,1H3,(H,19,20). The van der Waals surface area contributed by atoms with Gasteiger partial charge in [0, 0.05) is 7.05 Å². The van der Waals surface area contributed by atoms with E-state index in [1.807, 2.05) is 18.2 Å². The van der Waals surface area contributed by atoms with E-state index >= 15 is 0 Å². The Kier molecular flexibility index (Phi) is 2.47. The van der Waals surface area contributed by atoms with Crippen LogP contribution in [0.25, 0.3) is 11.1 Å². The number of carboxylic acids is 1. The predicted octanol–water partition coefficient (Wildman–Crippen LogP) is 1.36. The summed E-state index contributed by atoms with van der Waals surface area (Å²) < 4.78 is 6.67. The molecule has 2 bridgehead atoms. The molecule has 3 saturated carbocycles. The van der Waals surface area contributed by atoms with Gasteiger partial charge in [-0.05, 0) is 54.2 Å². The molecular weight excluding hydrogens is 284 g/mol. The molecule has 1 unspecified atom stereocenters. The fraction of sp³-hybridized carbons (Fsp3) is 0.500. The highest BCUT2D eigenvalue weighted by Gasteiger charge is 2.68. The highest BCUT2D eigenvalue weighted by molar-refractivity contribution is 5.75. The smallest absolute Gasteiger partial charge is 0.419 e. The summed E-state index contributed by atoms with van der Waals surface area (Å²) >= 11 is 0. The maximum absolute atomic E-state index is 11.6. The zero-order valence-electron chi connectivity index (χ0n) is 12.3. The van der Waals surface area contributed by atoms with E-state index < -0.39 is 12.0 Å². The van der Waals surface area contributed by atoms with E-state index in [1.165, 1.54) is 10.1 Å². The van der Waals surface area contributed by atoms with Gasteiger partial charge >= 0.3 is 11.7 Å². The summed E-state index contributed by atoms with van der Waals surface area (Å²) in [4.78, 5) is 22.5. The number of nitrogens with zero attached hydrogens (tertiary/aromatic N) is 1. The van der Waals surface area contributed by atoms with Crippen LogP contribution < -0.4 is 11.5 Å². The third kappa shape index (κ3) is 1.64. The first-order valence-electron chi connectivity index (χ1n) is 7.43. The summed E-state index contributed by atoms with van der Waals surface area (Å²) in [5.41, 5.74) is 8.53. The average molecular weight is 302 g/mol. The zero-order valence-corrected chi connectivity index (χ0v) is 12.3. The van der Waals surface area contributed by atoms with Gasteiger partial charge in [0.2, 0.25) is 0 Å². The quantitative estimate of drug-likeness (QED) is 0.888. The highest BCUT2D eigenvalue weighted by atomic mass is 16.4. The lowest BCUT2D eigenvalue weighted by molar-refractivity contribution is -0.160. The van der Waals surface area contributed by atoms with Gasteiger partial charge in [-0.25, -0.2) is 4.79 Å². The van der Waals surface area contributed by atoms with Crippen molar-refractivity contribution in [3.8, 4) is 0 Å². The molecule has 0 saturated heterocycles. The van der Waals surface area contributed by atoms with Crippen molar-refractivity contribution in [1.29, 1.82) is 0 Å². The Morgan fingerprint density at radius 1 is 1.45 bits per heavy atom. The normalized spacial score (nSPS) is 30.6. The summed E-state index contributed by atoms with van der Waals surface area (Å²) in [6, 6.07) is 5.13. The molecule has 0 aliphatic heterocycles. The molecule has 3 N–H and O–H groups in total. The molecule has 6 heteroatoms. The molecule has 0 radical (unpaired) electrons. The first kappa shape index (κ1) is 13.6. The van der Waals surface area contributed by atoms with Crippen molar-refractivity contribution in [2.24, 2.45) is 18.2 Å². The van der Waals surface area contributed by atoms with Crippen molar-refractivity contribution in [3.05, 3.63) is 34.3 Å². The molecule has 1 heterocycles. The Hall–Kier alpha value is -2.08. The maximum atomic E-state index is 11.6. The zero-order chi connectivity index (χ0) is 15.7. The minimum Gasteiger partial charge on any atom is -0.480 e. The van der Waals surface area contributed by atoms with Gasteiger partial charge in [0.15, 0.2) is 5.58 Å². The average Bonchev–Trinajstić information content (AvgIpc) is 2.67. The fourth-order valence-corrected chi connectivity index (χ4v) is 4.53. The van der Waals surface area contributed by atoms with Crippen LogP contribution in [0.15, 0.2) is 27.4 Å². The molecule has 116 valence electrons. The molecule has 3 aliphatic carbocycles. The van der Waals surface area contributed by atoms with Crippen molar-refractivity contribution >= 4 is 17.1 Å². The molecule has 1 aromatic carbocycles. The van der Waals surface area contributed by atoms with E-state index in [1.54, 1.807) is 7.05 Å². The number of rotatable bonds is 4. The SMILES string of the molecule is Cn1c(=O)oc2ccc(C34CC(CC(N)C(=O)O)(C3)C4)cc21. The van der Waals surface area contributed by atoms with E-state index in [0.717, 1.165) is 24.8 Å². The molecule has 2 aromatic rings. The van der Waals surface area contributed by atoms with E-state index in [4.69, 9.17) is 15.3 Å². The third-order valence-corrected chi connectivity index (χ3v) is 5.51. The topological polar surface area (TPSA) is 98.5 Å². The summed E-state index contributed by atoms with van der Waals surface area (Å²) in [6.45, 7) is 0. The van der Waals surface area contributed by atoms with E-state index in [2.05, 4.69) is 0 Å². The first-order chi connectivity index (χ1) is 10.3. The van der Waals surface area contributed by atoms with Crippen molar-refractivity contribution in [1.82, 2.24) is 4.57 Å². The number of nitrogens with two attached hydrogens (primary N) is 1. The molecule has 3 fully saturated rings. The number of hydrogen-bond acceptors (Lipinski definition) is 4. The third-order valence-electron chi connectivity index (χ3n) is 5.51. The largest absolute Gasteiger partial charge is 0.480 e. The molecule has 1 atom stereocenters. The Morgan fingerprint density at radius 2 is 2.14 bits per heavy atom. The number of fused-ring (bicyclic) bond motifs is 1. The number of aliphatic carboxylic acids is 1. The maximum Gasteiger partial charge on any atom is 0.419 e. The van der Waals surface area contributed by atoms with Crippen LogP contribution in [-0.4, -0.2) is 21.7 Å². The fourth-order valence-electron chi connectivity index (χ4n) is 4.53. The second-order valence-corrected chi connectivity index (χ2v) is 7.07. The van der Waals surface area contributed by atoms with Gasteiger partial charge in [-0.3, -0.25) is 9.36 Å². The molecule has 5 rings (SSSR count). The van der Waals surface area contributed by atoms with E-state index in [9.17, 15) is 9.59 Å².